The highest BCUT2D eigenvalue weighted by atomic mass is 16.7. The fraction of sp³-hybridized carbons (Fsp3) is 0.0588. The van der Waals surface area contributed by atoms with Crippen molar-refractivity contribution < 1.29 is 4.84 Å². The summed E-state index contributed by atoms with van der Waals surface area (Å²) in [5, 5.41) is 6.45. The van der Waals surface area contributed by atoms with Gasteiger partial charge in [0.05, 0.1) is 17.9 Å². The Bertz CT molecular complexity index is 900. The molecule has 0 radical (unpaired) electrons. The zero-order valence-electron chi connectivity index (χ0n) is 11.3. The molecular weight excluding hydrogens is 262 g/mol. The smallest absolute Gasteiger partial charge is 0.142 e. The molecular formula is C17H13N3O. The van der Waals surface area contributed by atoms with Crippen LogP contribution in [0, 0.1) is 0 Å². The van der Waals surface area contributed by atoms with E-state index in [4.69, 9.17) is 4.84 Å². The van der Waals surface area contributed by atoms with Crippen LogP contribution < -0.4 is 4.84 Å². The fourth-order valence-electron chi connectivity index (χ4n) is 2.43. The highest BCUT2D eigenvalue weighted by Gasteiger charge is 2.08. The van der Waals surface area contributed by atoms with Gasteiger partial charge >= 0.3 is 0 Å². The van der Waals surface area contributed by atoms with Gasteiger partial charge in [-0.1, -0.05) is 53.4 Å². The standard InChI is InChI=1S/C17H13N3O/c1-2-6-13(7-3-1)12-21-20-17-11-18-16-9-5-4-8-14(16)15(17)10-19-20/h1-11H,12H2. The summed E-state index contributed by atoms with van der Waals surface area (Å²) in [6.07, 6.45) is 3.62. The van der Waals surface area contributed by atoms with Crippen LogP contribution in [0.25, 0.3) is 21.8 Å². The lowest BCUT2D eigenvalue weighted by atomic mass is 10.1. The quantitative estimate of drug-likeness (QED) is 0.576. The van der Waals surface area contributed by atoms with Crippen LogP contribution in [0.1, 0.15) is 5.56 Å². The van der Waals surface area contributed by atoms with E-state index in [0.717, 1.165) is 27.4 Å². The number of hydrogen-bond acceptors (Lipinski definition) is 3. The molecule has 2 heterocycles. The number of aromatic nitrogens is 3. The third-order valence-corrected chi connectivity index (χ3v) is 3.49. The summed E-state index contributed by atoms with van der Waals surface area (Å²) in [6, 6.07) is 18.1. The minimum absolute atomic E-state index is 0.477. The third-order valence-electron chi connectivity index (χ3n) is 3.49. The molecule has 0 atom stereocenters. The predicted molar refractivity (Wildman–Crippen MR) is 81.8 cm³/mol. The van der Waals surface area contributed by atoms with E-state index in [2.05, 4.69) is 10.1 Å². The average Bonchev–Trinajstić information content (AvgIpc) is 2.97. The first-order valence-corrected chi connectivity index (χ1v) is 6.80. The molecule has 102 valence electrons. The van der Waals surface area contributed by atoms with Gasteiger partial charge in [0.15, 0.2) is 0 Å². The Kier molecular flexibility index (Phi) is 2.78. The summed E-state index contributed by atoms with van der Waals surface area (Å²) in [6.45, 7) is 0.477. The van der Waals surface area contributed by atoms with Crippen LogP contribution >= 0.6 is 0 Å². The highest BCUT2D eigenvalue weighted by Crippen LogP contribution is 2.22. The predicted octanol–water partition coefficient (Wildman–Crippen LogP) is 3.21. The molecule has 21 heavy (non-hydrogen) atoms. The number of hydrogen-bond donors (Lipinski definition) is 0. The Balaban J connectivity index is 1.72. The van der Waals surface area contributed by atoms with Gasteiger partial charge in [-0.2, -0.15) is 0 Å². The highest BCUT2D eigenvalue weighted by molar-refractivity contribution is 6.03. The number of benzene rings is 2. The van der Waals surface area contributed by atoms with Gasteiger partial charge in [-0.05, 0) is 11.6 Å². The summed E-state index contributed by atoms with van der Waals surface area (Å²) in [5.74, 6) is 0. The first kappa shape index (κ1) is 11.9. The van der Waals surface area contributed by atoms with Crippen LogP contribution in [0.4, 0.5) is 0 Å². The van der Waals surface area contributed by atoms with E-state index in [1.54, 1.807) is 11.0 Å². The van der Waals surface area contributed by atoms with Gasteiger partial charge in [-0.15, -0.1) is 5.10 Å². The zero-order valence-corrected chi connectivity index (χ0v) is 11.3. The van der Waals surface area contributed by atoms with Gasteiger partial charge in [-0.3, -0.25) is 4.98 Å². The second-order valence-electron chi connectivity index (χ2n) is 4.85. The molecule has 4 heteroatoms. The number of pyridine rings is 1. The van der Waals surface area contributed by atoms with Crippen molar-refractivity contribution in [2.45, 2.75) is 6.61 Å². The SMILES string of the molecule is c1ccc(COn2ncc3c4ccccc4ncc32)cc1. The monoisotopic (exact) mass is 275 g/mol. The lowest BCUT2D eigenvalue weighted by molar-refractivity contribution is 0.0794. The van der Waals surface area contributed by atoms with Crippen LogP contribution in [0.15, 0.2) is 67.0 Å². The largest absolute Gasteiger partial charge is 0.391 e. The third kappa shape index (κ3) is 2.10. The lowest BCUT2D eigenvalue weighted by Gasteiger charge is -2.06. The van der Waals surface area contributed by atoms with E-state index in [9.17, 15) is 0 Å². The Morgan fingerprint density at radius 1 is 0.857 bits per heavy atom. The van der Waals surface area contributed by atoms with Gasteiger partial charge in [0.2, 0.25) is 0 Å². The van der Waals surface area contributed by atoms with E-state index in [1.807, 2.05) is 60.8 Å². The fourth-order valence-corrected chi connectivity index (χ4v) is 2.43. The number of para-hydroxylation sites is 1. The minimum atomic E-state index is 0.477. The molecule has 0 saturated carbocycles. The molecule has 0 unspecified atom stereocenters. The van der Waals surface area contributed by atoms with Crippen LogP contribution in [-0.2, 0) is 6.61 Å². The van der Waals surface area contributed by atoms with Gasteiger partial charge in [0, 0.05) is 10.8 Å². The van der Waals surface area contributed by atoms with Crippen LogP contribution in [0.5, 0.6) is 0 Å². The van der Waals surface area contributed by atoms with Crippen molar-refractivity contribution in [3.05, 3.63) is 72.6 Å². The number of nitrogens with zero attached hydrogens (tertiary/aromatic N) is 3. The van der Waals surface area contributed by atoms with E-state index in [1.165, 1.54) is 0 Å². The summed E-state index contributed by atoms with van der Waals surface area (Å²) >= 11 is 0. The Morgan fingerprint density at radius 2 is 1.67 bits per heavy atom. The molecule has 0 spiro atoms. The minimum Gasteiger partial charge on any atom is -0.391 e. The molecule has 0 fully saturated rings. The summed E-state index contributed by atoms with van der Waals surface area (Å²) in [7, 11) is 0. The number of fused-ring (bicyclic) bond motifs is 3. The molecule has 0 aliphatic rings. The summed E-state index contributed by atoms with van der Waals surface area (Å²) in [4.78, 5) is 11.8. The van der Waals surface area contributed by atoms with Crippen molar-refractivity contribution in [3.63, 3.8) is 0 Å². The van der Waals surface area contributed by atoms with Gasteiger partial charge in [0.1, 0.15) is 12.1 Å². The van der Waals surface area contributed by atoms with Crippen LogP contribution in [0.2, 0.25) is 0 Å². The van der Waals surface area contributed by atoms with Crippen molar-refractivity contribution >= 4 is 21.8 Å². The van der Waals surface area contributed by atoms with Crippen molar-refractivity contribution in [1.82, 2.24) is 14.9 Å². The molecule has 0 saturated heterocycles. The maximum absolute atomic E-state index is 5.76. The molecule has 0 bridgehead atoms. The number of rotatable bonds is 3. The topological polar surface area (TPSA) is 39.9 Å². The van der Waals surface area contributed by atoms with Crippen molar-refractivity contribution in [2.75, 3.05) is 0 Å². The molecule has 4 rings (SSSR count). The molecule has 2 aromatic carbocycles. The molecule has 0 aliphatic heterocycles. The Labute approximate surface area is 121 Å². The van der Waals surface area contributed by atoms with E-state index < -0.39 is 0 Å². The molecule has 2 aromatic heterocycles. The second-order valence-corrected chi connectivity index (χ2v) is 4.85. The van der Waals surface area contributed by atoms with Crippen molar-refractivity contribution in [3.8, 4) is 0 Å². The van der Waals surface area contributed by atoms with E-state index in [0.29, 0.717) is 6.61 Å². The van der Waals surface area contributed by atoms with Crippen molar-refractivity contribution in [1.29, 1.82) is 0 Å². The Morgan fingerprint density at radius 3 is 2.57 bits per heavy atom. The lowest BCUT2D eigenvalue weighted by Crippen LogP contribution is -2.12. The molecule has 0 aliphatic carbocycles. The van der Waals surface area contributed by atoms with Crippen molar-refractivity contribution in [2.24, 2.45) is 0 Å². The Hall–Kier alpha value is -2.88. The van der Waals surface area contributed by atoms with E-state index in [-0.39, 0.29) is 0 Å². The summed E-state index contributed by atoms with van der Waals surface area (Å²) in [5.41, 5.74) is 2.95. The maximum Gasteiger partial charge on any atom is 0.142 e. The van der Waals surface area contributed by atoms with Crippen LogP contribution in [0.3, 0.4) is 0 Å². The maximum atomic E-state index is 5.76. The molecule has 4 aromatic rings. The first-order valence-electron chi connectivity index (χ1n) is 6.80. The van der Waals surface area contributed by atoms with Gasteiger partial charge in [0.25, 0.3) is 0 Å². The van der Waals surface area contributed by atoms with Crippen LogP contribution in [-0.4, -0.2) is 14.9 Å². The van der Waals surface area contributed by atoms with Gasteiger partial charge in [-0.25, -0.2) is 0 Å². The first-order chi connectivity index (χ1) is 10.4. The van der Waals surface area contributed by atoms with E-state index >= 15 is 0 Å². The second kappa shape index (κ2) is 4.90. The average molecular weight is 275 g/mol. The molecule has 0 N–H and O–H groups in total. The molecule has 0 amide bonds. The molecule has 4 nitrogen and oxygen atoms in total. The normalized spacial score (nSPS) is 11.0. The summed E-state index contributed by atoms with van der Waals surface area (Å²) < 4.78 is 0. The van der Waals surface area contributed by atoms with Gasteiger partial charge < -0.3 is 4.84 Å². The zero-order chi connectivity index (χ0) is 14.1.